The molecule has 0 saturated carbocycles. The Kier molecular flexibility index (Phi) is 4.44. The Morgan fingerprint density at radius 2 is 2.35 bits per heavy atom. The number of ether oxygens (including phenoxy) is 1. The lowest BCUT2D eigenvalue weighted by atomic mass is 10.2. The first-order chi connectivity index (χ1) is 9.52. The quantitative estimate of drug-likeness (QED) is 0.828. The van der Waals surface area contributed by atoms with Gasteiger partial charge in [0.05, 0.1) is 24.1 Å². The normalized spacial score (nSPS) is 18.6. The predicted octanol–water partition coefficient (Wildman–Crippen LogP) is 0.981. The summed E-state index contributed by atoms with van der Waals surface area (Å²) in [6.07, 6.45) is 2.62. The third-order valence-corrected chi connectivity index (χ3v) is 3.63. The molecule has 2 heterocycles. The fourth-order valence-electron chi connectivity index (χ4n) is 2.38. The van der Waals surface area contributed by atoms with E-state index in [4.69, 9.17) is 10.5 Å². The van der Waals surface area contributed by atoms with Crippen LogP contribution in [0.1, 0.15) is 23.7 Å². The van der Waals surface area contributed by atoms with Crippen LogP contribution in [0, 0.1) is 0 Å². The first-order valence-electron chi connectivity index (χ1n) is 6.87. The van der Waals surface area contributed by atoms with Crippen LogP contribution in [0.25, 0.3) is 0 Å². The highest BCUT2D eigenvalue weighted by Gasteiger charge is 2.25. The van der Waals surface area contributed by atoms with E-state index in [1.165, 1.54) is 6.20 Å². The third-order valence-electron chi connectivity index (χ3n) is 3.63. The molecule has 2 N–H and O–H groups in total. The second kappa shape index (κ2) is 6.09. The largest absolute Gasteiger partial charge is 0.462 e. The smallest absolute Gasteiger partial charge is 0.340 e. The van der Waals surface area contributed by atoms with Gasteiger partial charge in [0.15, 0.2) is 0 Å². The van der Waals surface area contributed by atoms with Crippen molar-refractivity contribution in [2.24, 2.45) is 0 Å². The molecule has 1 aromatic rings. The molecule has 0 radical (unpaired) electrons. The summed E-state index contributed by atoms with van der Waals surface area (Å²) in [5.41, 5.74) is 6.56. The van der Waals surface area contributed by atoms with Crippen LogP contribution >= 0.6 is 0 Å². The average molecular weight is 278 g/mol. The van der Waals surface area contributed by atoms with Crippen LogP contribution in [-0.2, 0) is 4.74 Å². The molecule has 6 nitrogen and oxygen atoms in total. The van der Waals surface area contributed by atoms with E-state index < -0.39 is 5.97 Å². The van der Waals surface area contributed by atoms with Crippen molar-refractivity contribution in [1.82, 2.24) is 9.88 Å². The summed E-state index contributed by atoms with van der Waals surface area (Å²) in [5.74, 6) is 0.392. The summed E-state index contributed by atoms with van der Waals surface area (Å²) in [4.78, 5) is 20.6. The van der Waals surface area contributed by atoms with Crippen LogP contribution in [0.15, 0.2) is 12.3 Å². The van der Waals surface area contributed by atoms with Crippen LogP contribution in [0.5, 0.6) is 0 Å². The summed E-state index contributed by atoms with van der Waals surface area (Å²) in [6, 6.07) is 2.24. The van der Waals surface area contributed by atoms with Crippen LogP contribution in [-0.4, -0.2) is 55.7 Å². The van der Waals surface area contributed by atoms with Crippen LogP contribution in [0.4, 0.5) is 11.5 Å². The Balaban J connectivity index is 2.18. The van der Waals surface area contributed by atoms with Crippen LogP contribution in [0.2, 0.25) is 0 Å². The second-order valence-corrected chi connectivity index (χ2v) is 5.20. The first-order valence-corrected chi connectivity index (χ1v) is 6.87. The molecule has 110 valence electrons. The van der Waals surface area contributed by atoms with Crippen molar-refractivity contribution in [2.75, 3.05) is 44.4 Å². The molecule has 6 heteroatoms. The van der Waals surface area contributed by atoms with E-state index in [2.05, 4.69) is 28.9 Å². The molecule has 0 aliphatic carbocycles. The maximum Gasteiger partial charge on any atom is 0.340 e. The molecule has 1 aromatic heterocycles. The standard InChI is InChI=1S/C14H22N4O2/c1-4-20-14(19)11-7-13(16-8-12(11)15)18-6-5-10(9-18)17(2)3/h7-8,10H,4-6,9,15H2,1-3H3. The summed E-state index contributed by atoms with van der Waals surface area (Å²) < 4.78 is 5.01. The van der Waals surface area contributed by atoms with E-state index in [-0.39, 0.29) is 0 Å². The Morgan fingerprint density at radius 3 is 2.95 bits per heavy atom. The zero-order valence-corrected chi connectivity index (χ0v) is 12.3. The predicted molar refractivity (Wildman–Crippen MR) is 78.9 cm³/mol. The molecule has 1 saturated heterocycles. The molecule has 1 aliphatic heterocycles. The molecule has 0 amide bonds. The van der Waals surface area contributed by atoms with Crippen LogP contribution < -0.4 is 10.6 Å². The number of rotatable bonds is 4. The van der Waals surface area contributed by atoms with E-state index in [9.17, 15) is 4.79 Å². The number of nitrogen functional groups attached to an aromatic ring is 1. The van der Waals surface area contributed by atoms with Gasteiger partial charge in [0.1, 0.15) is 5.82 Å². The van der Waals surface area contributed by atoms with Crippen molar-refractivity contribution in [2.45, 2.75) is 19.4 Å². The molecule has 1 atom stereocenters. The second-order valence-electron chi connectivity index (χ2n) is 5.20. The molecule has 2 rings (SSSR count). The van der Waals surface area contributed by atoms with E-state index in [1.807, 2.05) is 0 Å². The fourth-order valence-corrected chi connectivity index (χ4v) is 2.38. The lowest BCUT2D eigenvalue weighted by Crippen LogP contribution is -2.31. The summed E-state index contributed by atoms with van der Waals surface area (Å²) >= 11 is 0. The Hall–Kier alpha value is -1.82. The number of likely N-dealkylation sites (N-methyl/N-ethyl adjacent to an activating group) is 1. The Morgan fingerprint density at radius 1 is 1.60 bits per heavy atom. The number of pyridine rings is 1. The lowest BCUT2D eigenvalue weighted by molar-refractivity contribution is 0.0527. The Bertz CT molecular complexity index is 490. The monoisotopic (exact) mass is 278 g/mol. The number of nitrogens with zero attached hydrogens (tertiary/aromatic N) is 3. The maximum absolute atomic E-state index is 11.8. The van der Waals surface area contributed by atoms with E-state index in [0.717, 1.165) is 25.3 Å². The summed E-state index contributed by atoms with van der Waals surface area (Å²) in [7, 11) is 4.16. The van der Waals surface area contributed by atoms with Gasteiger partial charge in [0.2, 0.25) is 0 Å². The highest BCUT2D eigenvalue weighted by Crippen LogP contribution is 2.23. The minimum absolute atomic E-state index is 0.336. The van der Waals surface area contributed by atoms with E-state index >= 15 is 0 Å². The van der Waals surface area contributed by atoms with E-state index in [1.54, 1.807) is 13.0 Å². The number of hydrogen-bond donors (Lipinski definition) is 1. The number of carbonyl (C=O) groups is 1. The molecule has 1 fully saturated rings. The van der Waals surface area contributed by atoms with Gasteiger partial charge < -0.3 is 20.3 Å². The molecule has 1 unspecified atom stereocenters. The van der Waals surface area contributed by atoms with Crippen molar-refractivity contribution < 1.29 is 9.53 Å². The third kappa shape index (κ3) is 3.01. The zero-order valence-electron chi connectivity index (χ0n) is 12.3. The average Bonchev–Trinajstić information content (AvgIpc) is 2.89. The Labute approximate surface area is 119 Å². The highest BCUT2D eigenvalue weighted by atomic mass is 16.5. The van der Waals surface area contributed by atoms with Crippen molar-refractivity contribution in [3.63, 3.8) is 0 Å². The number of aromatic nitrogens is 1. The van der Waals surface area contributed by atoms with E-state index in [0.29, 0.717) is 23.9 Å². The highest BCUT2D eigenvalue weighted by molar-refractivity contribution is 5.95. The van der Waals surface area contributed by atoms with Crippen molar-refractivity contribution in [3.8, 4) is 0 Å². The summed E-state index contributed by atoms with van der Waals surface area (Å²) in [6.45, 7) is 3.95. The number of carbonyl (C=O) groups excluding carboxylic acids is 1. The molecule has 20 heavy (non-hydrogen) atoms. The zero-order chi connectivity index (χ0) is 14.7. The molecule has 0 aromatic carbocycles. The first kappa shape index (κ1) is 14.6. The van der Waals surface area contributed by atoms with Gasteiger partial charge in [0, 0.05) is 19.1 Å². The number of anilines is 2. The number of hydrogen-bond acceptors (Lipinski definition) is 6. The SMILES string of the molecule is CCOC(=O)c1cc(N2CCC(N(C)C)C2)ncc1N. The fraction of sp³-hybridized carbons (Fsp3) is 0.571. The minimum atomic E-state index is -0.392. The van der Waals surface area contributed by atoms with Gasteiger partial charge >= 0.3 is 5.97 Å². The number of nitrogens with two attached hydrogens (primary N) is 1. The summed E-state index contributed by atoms with van der Waals surface area (Å²) in [5, 5.41) is 0. The van der Waals surface area contributed by atoms with Gasteiger partial charge in [-0.1, -0.05) is 0 Å². The van der Waals surface area contributed by atoms with Crippen LogP contribution in [0.3, 0.4) is 0 Å². The van der Waals surface area contributed by atoms with Gasteiger partial charge in [-0.2, -0.15) is 0 Å². The van der Waals surface area contributed by atoms with Gasteiger partial charge in [-0.3, -0.25) is 0 Å². The van der Waals surface area contributed by atoms with Gasteiger partial charge in [-0.15, -0.1) is 0 Å². The molecule has 0 bridgehead atoms. The molecule has 1 aliphatic rings. The van der Waals surface area contributed by atoms with Crippen molar-refractivity contribution in [1.29, 1.82) is 0 Å². The maximum atomic E-state index is 11.8. The minimum Gasteiger partial charge on any atom is -0.462 e. The van der Waals surface area contributed by atoms with Gasteiger partial charge in [-0.05, 0) is 33.5 Å². The van der Waals surface area contributed by atoms with Crippen molar-refractivity contribution >= 4 is 17.5 Å². The molecular weight excluding hydrogens is 256 g/mol. The van der Waals surface area contributed by atoms with Gasteiger partial charge in [0.25, 0.3) is 0 Å². The van der Waals surface area contributed by atoms with Crippen molar-refractivity contribution in [3.05, 3.63) is 17.8 Å². The topological polar surface area (TPSA) is 71.7 Å². The lowest BCUT2D eigenvalue weighted by Gasteiger charge is -2.21. The molecule has 0 spiro atoms. The molecular formula is C14H22N4O2. The van der Waals surface area contributed by atoms with Gasteiger partial charge in [-0.25, -0.2) is 9.78 Å². The number of esters is 1.